The van der Waals surface area contributed by atoms with Gasteiger partial charge in [-0.15, -0.1) is 0 Å². The Hall–Kier alpha value is -3.42. The van der Waals surface area contributed by atoms with E-state index in [2.05, 4.69) is 15.6 Å². The molecule has 1 saturated heterocycles. The number of rotatable bonds is 7. The number of nitrogens with one attached hydrogen (secondary N) is 2. The minimum absolute atomic E-state index is 0.206. The van der Waals surface area contributed by atoms with Crippen molar-refractivity contribution < 1.29 is 19.1 Å². The van der Waals surface area contributed by atoms with Gasteiger partial charge >= 0.3 is 6.09 Å². The summed E-state index contributed by atoms with van der Waals surface area (Å²) in [7, 11) is 0. The lowest BCUT2D eigenvalue weighted by Crippen LogP contribution is -2.50. The smallest absolute Gasteiger partial charge is 0.408 e. The van der Waals surface area contributed by atoms with Gasteiger partial charge in [-0.05, 0) is 51.3 Å². The summed E-state index contributed by atoms with van der Waals surface area (Å²) < 4.78 is 5.18. The van der Waals surface area contributed by atoms with E-state index in [-0.39, 0.29) is 24.4 Å². The van der Waals surface area contributed by atoms with E-state index in [1.807, 2.05) is 48.5 Å². The number of amides is 3. The molecule has 1 fully saturated rings. The number of hydrogen-bond donors (Lipinski definition) is 2. The van der Waals surface area contributed by atoms with Crippen LogP contribution < -0.4 is 10.6 Å². The second-order valence-electron chi connectivity index (χ2n) is 9.10. The summed E-state index contributed by atoms with van der Waals surface area (Å²) in [6, 6.07) is 14.6. The van der Waals surface area contributed by atoms with Crippen LogP contribution in [0.4, 0.5) is 4.79 Å². The molecule has 0 aliphatic carbocycles. The van der Waals surface area contributed by atoms with Crippen molar-refractivity contribution in [3.63, 3.8) is 0 Å². The summed E-state index contributed by atoms with van der Waals surface area (Å²) in [5, 5.41) is 5.60. The molecule has 2 atom stereocenters. The van der Waals surface area contributed by atoms with Crippen molar-refractivity contribution in [2.45, 2.75) is 57.7 Å². The zero-order chi connectivity index (χ0) is 23.8. The lowest BCUT2D eigenvalue weighted by molar-refractivity contribution is -0.138. The van der Waals surface area contributed by atoms with Crippen LogP contribution in [-0.4, -0.2) is 52.5 Å². The molecule has 0 spiro atoms. The maximum absolute atomic E-state index is 13.2. The third kappa shape index (κ3) is 7.30. The Kier molecular flexibility index (Phi) is 8.03. The van der Waals surface area contributed by atoms with Crippen molar-refractivity contribution in [2.75, 3.05) is 13.1 Å². The number of hydrogen-bond acceptors (Lipinski definition) is 5. The second-order valence-corrected chi connectivity index (χ2v) is 9.10. The lowest BCUT2D eigenvalue weighted by atomic mass is 10.0. The van der Waals surface area contributed by atoms with Crippen LogP contribution in [0.15, 0.2) is 54.7 Å². The zero-order valence-electron chi connectivity index (χ0n) is 19.4. The van der Waals surface area contributed by atoms with Crippen LogP contribution >= 0.6 is 0 Å². The lowest BCUT2D eigenvalue weighted by Gasteiger charge is -2.27. The molecule has 1 aromatic heterocycles. The van der Waals surface area contributed by atoms with Gasteiger partial charge in [0, 0.05) is 24.9 Å². The van der Waals surface area contributed by atoms with Crippen molar-refractivity contribution in [2.24, 2.45) is 0 Å². The molecule has 2 N–H and O–H groups in total. The average molecular weight is 453 g/mol. The minimum Gasteiger partial charge on any atom is -0.444 e. The standard InChI is InChI=1S/C25H32N4O4/c1-25(2,3)33-24(32)27-17-22(30)29-15-9-13-21(29)23(31)28-20(18-10-5-4-6-11-18)16-19-12-7-8-14-26-19/h4-8,10-12,14,20-21H,9,13,15-17H2,1-3H3,(H,27,32)(H,28,31). The number of alkyl carbamates (subject to hydrolysis) is 1. The molecule has 2 unspecified atom stereocenters. The molecule has 8 nitrogen and oxygen atoms in total. The molecule has 8 heteroatoms. The molecular weight excluding hydrogens is 420 g/mol. The van der Waals surface area contributed by atoms with Crippen LogP contribution in [0.3, 0.4) is 0 Å². The van der Waals surface area contributed by atoms with E-state index in [4.69, 9.17) is 4.74 Å². The monoisotopic (exact) mass is 452 g/mol. The van der Waals surface area contributed by atoms with Crippen molar-refractivity contribution in [3.05, 3.63) is 66.0 Å². The van der Waals surface area contributed by atoms with Gasteiger partial charge in [-0.1, -0.05) is 36.4 Å². The molecule has 2 heterocycles. The molecule has 3 rings (SSSR count). The third-order valence-electron chi connectivity index (χ3n) is 5.32. The fourth-order valence-corrected chi connectivity index (χ4v) is 3.83. The quantitative estimate of drug-likeness (QED) is 0.673. The second kappa shape index (κ2) is 10.9. The highest BCUT2D eigenvalue weighted by Crippen LogP contribution is 2.22. The van der Waals surface area contributed by atoms with Gasteiger partial charge in [0.25, 0.3) is 0 Å². The summed E-state index contributed by atoms with van der Waals surface area (Å²) in [6.07, 6.45) is 2.92. The van der Waals surface area contributed by atoms with Crippen molar-refractivity contribution in [3.8, 4) is 0 Å². The van der Waals surface area contributed by atoms with E-state index in [1.54, 1.807) is 27.0 Å². The van der Waals surface area contributed by atoms with E-state index in [1.165, 1.54) is 4.90 Å². The van der Waals surface area contributed by atoms with Crippen LogP contribution in [0.5, 0.6) is 0 Å². The normalized spacial score (nSPS) is 16.7. The van der Waals surface area contributed by atoms with Gasteiger partial charge < -0.3 is 20.3 Å². The van der Waals surface area contributed by atoms with Crippen molar-refractivity contribution in [1.82, 2.24) is 20.5 Å². The highest BCUT2D eigenvalue weighted by atomic mass is 16.6. The number of carbonyl (C=O) groups is 3. The molecule has 0 radical (unpaired) electrons. The molecule has 0 bridgehead atoms. The first-order valence-corrected chi connectivity index (χ1v) is 11.2. The van der Waals surface area contributed by atoms with Crippen LogP contribution in [0.2, 0.25) is 0 Å². The molecule has 33 heavy (non-hydrogen) atoms. The maximum Gasteiger partial charge on any atom is 0.408 e. The topological polar surface area (TPSA) is 101 Å². The van der Waals surface area contributed by atoms with Gasteiger partial charge in [-0.25, -0.2) is 4.79 Å². The first-order chi connectivity index (χ1) is 15.7. The zero-order valence-corrected chi connectivity index (χ0v) is 19.4. The van der Waals surface area contributed by atoms with Crippen LogP contribution in [0.1, 0.15) is 50.9 Å². The van der Waals surface area contributed by atoms with Crippen LogP contribution in [0, 0.1) is 0 Å². The number of nitrogens with zero attached hydrogens (tertiary/aromatic N) is 2. The number of benzene rings is 1. The van der Waals surface area contributed by atoms with Gasteiger partial charge in [-0.3, -0.25) is 14.6 Å². The fourth-order valence-electron chi connectivity index (χ4n) is 3.83. The van der Waals surface area contributed by atoms with E-state index in [9.17, 15) is 14.4 Å². The molecular formula is C25H32N4O4. The molecule has 2 aromatic rings. The number of likely N-dealkylation sites (tertiary alicyclic amines) is 1. The summed E-state index contributed by atoms with van der Waals surface area (Å²) in [5.74, 6) is -0.512. The summed E-state index contributed by atoms with van der Waals surface area (Å²) in [4.78, 5) is 43.8. The van der Waals surface area contributed by atoms with Gasteiger partial charge in [-0.2, -0.15) is 0 Å². The number of ether oxygens (including phenoxy) is 1. The first kappa shape index (κ1) is 24.2. The minimum atomic E-state index is -0.657. The summed E-state index contributed by atoms with van der Waals surface area (Å²) in [6.45, 7) is 5.52. The Labute approximate surface area is 194 Å². The van der Waals surface area contributed by atoms with Gasteiger partial charge in [0.1, 0.15) is 18.2 Å². The van der Waals surface area contributed by atoms with Gasteiger partial charge in [0.05, 0.1) is 6.04 Å². The highest BCUT2D eigenvalue weighted by molar-refractivity contribution is 5.90. The molecule has 176 valence electrons. The van der Waals surface area contributed by atoms with E-state index >= 15 is 0 Å². The number of carbonyl (C=O) groups excluding carboxylic acids is 3. The van der Waals surface area contributed by atoms with Crippen molar-refractivity contribution >= 4 is 17.9 Å². The predicted molar refractivity (Wildman–Crippen MR) is 124 cm³/mol. The largest absolute Gasteiger partial charge is 0.444 e. The van der Waals surface area contributed by atoms with Gasteiger partial charge in [0.2, 0.25) is 11.8 Å². The maximum atomic E-state index is 13.2. The fraction of sp³-hybridized carbons (Fsp3) is 0.440. The van der Waals surface area contributed by atoms with E-state index in [0.29, 0.717) is 19.4 Å². The van der Waals surface area contributed by atoms with Crippen LogP contribution in [0.25, 0.3) is 0 Å². The van der Waals surface area contributed by atoms with Crippen molar-refractivity contribution in [1.29, 1.82) is 0 Å². The Morgan fingerprint density at radius 2 is 1.85 bits per heavy atom. The molecule has 1 aliphatic heterocycles. The first-order valence-electron chi connectivity index (χ1n) is 11.2. The van der Waals surface area contributed by atoms with Crippen LogP contribution in [-0.2, 0) is 20.7 Å². The Morgan fingerprint density at radius 1 is 1.12 bits per heavy atom. The molecule has 1 aliphatic rings. The van der Waals surface area contributed by atoms with Gasteiger partial charge in [0.15, 0.2) is 0 Å². The Balaban J connectivity index is 1.64. The van der Waals surface area contributed by atoms with E-state index < -0.39 is 17.7 Å². The number of pyridine rings is 1. The average Bonchev–Trinajstić information content (AvgIpc) is 3.27. The molecule has 1 aromatic carbocycles. The number of aromatic nitrogens is 1. The predicted octanol–water partition coefficient (Wildman–Crippen LogP) is 3.00. The van der Waals surface area contributed by atoms with E-state index in [0.717, 1.165) is 17.7 Å². The molecule has 0 saturated carbocycles. The highest BCUT2D eigenvalue weighted by Gasteiger charge is 2.35. The SMILES string of the molecule is CC(C)(C)OC(=O)NCC(=O)N1CCCC1C(=O)NC(Cc1ccccn1)c1ccccc1. The Morgan fingerprint density at radius 3 is 2.52 bits per heavy atom. The third-order valence-corrected chi connectivity index (χ3v) is 5.32. The Bertz CT molecular complexity index is 944. The summed E-state index contributed by atoms with van der Waals surface area (Å²) >= 11 is 0. The molecule has 3 amide bonds. The summed E-state index contributed by atoms with van der Waals surface area (Å²) in [5.41, 5.74) is 1.19.